The van der Waals surface area contributed by atoms with Crippen molar-refractivity contribution >= 4 is 29.3 Å². The lowest BCUT2D eigenvalue weighted by Crippen LogP contribution is -2.51. The van der Waals surface area contributed by atoms with E-state index in [4.69, 9.17) is 16.3 Å². The van der Waals surface area contributed by atoms with Crippen molar-refractivity contribution in [2.45, 2.75) is 49.7 Å². The van der Waals surface area contributed by atoms with Crippen LogP contribution < -0.4 is 5.32 Å². The van der Waals surface area contributed by atoms with Gasteiger partial charge in [-0.25, -0.2) is 4.98 Å². The lowest BCUT2D eigenvalue weighted by molar-refractivity contribution is -0.150. The van der Waals surface area contributed by atoms with Crippen LogP contribution >= 0.6 is 23.4 Å². The number of rotatable bonds is 8. The number of ether oxygens (including phenoxy) is 1. The Morgan fingerprint density at radius 2 is 2.38 bits per heavy atom. The second-order valence-corrected chi connectivity index (χ2v) is 6.85. The Balaban J connectivity index is 1.92. The van der Waals surface area contributed by atoms with Gasteiger partial charge in [-0.05, 0) is 45.2 Å². The molecule has 6 heteroatoms. The Morgan fingerprint density at radius 3 is 3.00 bits per heavy atom. The molecular weight excluding hydrogens is 308 g/mol. The summed E-state index contributed by atoms with van der Waals surface area (Å²) in [6, 6.07) is 4.08. The minimum absolute atomic E-state index is 0.176. The number of pyridine rings is 1. The average molecular weight is 329 g/mol. The van der Waals surface area contributed by atoms with Crippen molar-refractivity contribution in [2.75, 3.05) is 12.4 Å². The maximum Gasteiger partial charge on any atom is 0.326 e. The first-order valence-electron chi connectivity index (χ1n) is 7.23. The summed E-state index contributed by atoms with van der Waals surface area (Å²) in [6.45, 7) is 4.15. The molecule has 116 valence electrons. The van der Waals surface area contributed by atoms with Gasteiger partial charge in [-0.3, -0.25) is 10.1 Å². The van der Waals surface area contributed by atoms with Gasteiger partial charge in [0.2, 0.25) is 0 Å². The standard InChI is InChI=1S/C15H21ClN2O2S/c1-3-20-14(19)15(2,18-11-6-7-11)8-10-21-13-12(16)5-4-9-17-13/h4-5,9,11,18H,3,6-8,10H2,1-2H3. The van der Waals surface area contributed by atoms with Crippen LogP contribution in [-0.4, -0.2) is 34.9 Å². The van der Waals surface area contributed by atoms with Crippen LogP contribution in [0, 0.1) is 0 Å². The van der Waals surface area contributed by atoms with Gasteiger partial charge in [0.25, 0.3) is 0 Å². The van der Waals surface area contributed by atoms with Gasteiger partial charge in [-0.2, -0.15) is 0 Å². The van der Waals surface area contributed by atoms with E-state index in [2.05, 4.69) is 10.3 Å². The van der Waals surface area contributed by atoms with E-state index in [9.17, 15) is 4.79 Å². The molecule has 1 saturated carbocycles. The topological polar surface area (TPSA) is 51.2 Å². The zero-order valence-corrected chi connectivity index (χ0v) is 14.0. The third kappa shape index (κ3) is 4.87. The minimum Gasteiger partial charge on any atom is -0.465 e. The van der Waals surface area contributed by atoms with Crippen molar-refractivity contribution in [3.8, 4) is 0 Å². The van der Waals surface area contributed by atoms with Crippen molar-refractivity contribution < 1.29 is 9.53 Å². The lowest BCUT2D eigenvalue weighted by atomic mass is 9.99. The number of hydrogen-bond acceptors (Lipinski definition) is 5. The van der Waals surface area contributed by atoms with Crippen molar-refractivity contribution in [1.29, 1.82) is 0 Å². The number of carbonyl (C=O) groups excluding carboxylic acids is 1. The van der Waals surface area contributed by atoms with Gasteiger partial charge in [0.15, 0.2) is 0 Å². The van der Waals surface area contributed by atoms with Crippen molar-refractivity contribution in [3.05, 3.63) is 23.4 Å². The number of hydrogen-bond donors (Lipinski definition) is 1. The predicted octanol–water partition coefficient (Wildman–Crippen LogP) is 3.29. The summed E-state index contributed by atoms with van der Waals surface area (Å²) in [5.41, 5.74) is -0.633. The normalized spacial score (nSPS) is 17.3. The Morgan fingerprint density at radius 1 is 1.62 bits per heavy atom. The van der Waals surface area contributed by atoms with E-state index in [-0.39, 0.29) is 5.97 Å². The molecule has 1 aromatic rings. The molecule has 1 N–H and O–H groups in total. The van der Waals surface area contributed by atoms with E-state index >= 15 is 0 Å². The molecule has 0 spiro atoms. The summed E-state index contributed by atoms with van der Waals surface area (Å²) >= 11 is 7.66. The molecule has 1 unspecified atom stereocenters. The van der Waals surface area contributed by atoms with Gasteiger partial charge in [0, 0.05) is 18.0 Å². The maximum absolute atomic E-state index is 12.2. The SMILES string of the molecule is CCOC(=O)C(C)(CCSc1ncccc1Cl)NC1CC1. The van der Waals surface area contributed by atoms with Crippen LogP contribution in [0.15, 0.2) is 23.4 Å². The zero-order valence-electron chi connectivity index (χ0n) is 12.4. The van der Waals surface area contributed by atoms with E-state index in [0.717, 1.165) is 23.6 Å². The van der Waals surface area contributed by atoms with Gasteiger partial charge < -0.3 is 4.74 Å². The number of nitrogens with one attached hydrogen (secondary N) is 1. The third-order valence-corrected chi connectivity index (χ3v) is 4.82. The van der Waals surface area contributed by atoms with Crippen LogP contribution in [0.4, 0.5) is 0 Å². The fourth-order valence-electron chi connectivity index (χ4n) is 2.03. The average Bonchev–Trinajstić information content (AvgIpc) is 3.25. The van der Waals surface area contributed by atoms with Crippen LogP contribution in [0.3, 0.4) is 0 Å². The monoisotopic (exact) mass is 328 g/mol. The number of nitrogens with zero attached hydrogens (tertiary/aromatic N) is 1. The van der Waals surface area contributed by atoms with Gasteiger partial charge in [-0.15, -0.1) is 11.8 Å². The van der Waals surface area contributed by atoms with Gasteiger partial charge in [-0.1, -0.05) is 11.6 Å². The highest BCUT2D eigenvalue weighted by Gasteiger charge is 2.39. The highest BCUT2D eigenvalue weighted by Crippen LogP contribution is 2.29. The first-order chi connectivity index (χ1) is 10.0. The number of carbonyl (C=O) groups is 1. The Labute approximate surface area is 135 Å². The number of halogens is 1. The maximum atomic E-state index is 12.2. The molecule has 1 atom stereocenters. The molecule has 1 aliphatic rings. The molecule has 0 radical (unpaired) electrons. The van der Waals surface area contributed by atoms with Crippen molar-refractivity contribution in [3.63, 3.8) is 0 Å². The minimum atomic E-state index is -0.633. The molecule has 1 fully saturated rings. The Hall–Kier alpha value is -0.780. The zero-order chi connectivity index (χ0) is 15.3. The molecule has 2 rings (SSSR count). The molecule has 0 saturated heterocycles. The van der Waals surface area contributed by atoms with Crippen molar-refractivity contribution in [2.24, 2.45) is 0 Å². The number of thioether (sulfide) groups is 1. The van der Waals surface area contributed by atoms with Crippen LogP contribution in [0.5, 0.6) is 0 Å². The lowest BCUT2D eigenvalue weighted by Gasteiger charge is -2.28. The van der Waals surface area contributed by atoms with E-state index in [0.29, 0.717) is 24.1 Å². The smallest absolute Gasteiger partial charge is 0.326 e. The van der Waals surface area contributed by atoms with Gasteiger partial charge in [0.05, 0.1) is 11.6 Å². The molecule has 1 aliphatic carbocycles. The number of aromatic nitrogens is 1. The molecule has 0 amide bonds. The summed E-state index contributed by atoms with van der Waals surface area (Å²) in [5, 5.41) is 4.86. The quantitative estimate of drug-likeness (QED) is 0.586. The molecular formula is C15H21ClN2O2S. The first kappa shape index (κ1) is 16.6. The van der Waals surface area contributed by atoms with Crippen molar-refractivity contribution in [1.82, 2.24) is 10.3 Å². The fourth-order valence-corrected chi connectivity index (χ4v) is 3.36. The van der Waals surface area contributed by atoms with E-state index in [1.165, 1.54) is 0 Å². The van der Waals surface area contributed by atoms with E-state index in [1.54, 1.807) is 18.0 Å². The summed E-state index contributed by atoms with van der Waals surface area (Å²) in [6.07, 6.45) is 4.67. The van der Waals surface area contributed by atoms with Gasteiger partial charge >= 0.3 is 5.97 Å². The molecule has 4 nitrogen and oxygen atoms in total. The van der Waals surface area contributed by atoms with Crippen LogP contribution in [0.1, 0.15) is 33.1 Å². The molecule has 0 aromatic carbocycles. The summed E-state index contributed by atoms with van der Waals surface area (Å²) in [4.78, 5) is 16.4. The molecule has 21 heavy (non-hydrogen) atoms. The van der Waals surface area contributed by atoms with E-state index < -0.39 is 5.54 Å². The molecule has 1 aromatic heterocycles. The molecule has 0 aliphatic heterocycles. The first-order valence-corrected chi connectivity index (χ1v) is 8.60. The third-order valence-electron chi connectivity index (χ3n) is 3.39. The highest BCUT2D eigenvalue weighted by atomic mass is 35.5. The highest BCUT2D eigenvalue weighted by molar-refractivity contribution is 7.99. The van der Waals surface area contributed by atoms with Crippen LogP contribution in [0.2, 0.25) is 5.02 Å². The van der Waals surface area contributed by atoms with Gasteiger partial charge in [0.1, 0.15) is 10.6 Å². The molecule has 0 bridgehead atoms. The summed E-state index contributed by atoms with van der Waals surface area (Å²) in [7, 11) is 0. The Kier molecular flexibility index (Phi) is 5.90. The largest absolute Gasteiger partial charge is 0.465 e. The van der Waals surface area contributed by atoms with E-state index in [1.807, 2.05) is 26.0 Å². The van der Waals surface area contributed by atoms with Crippen LogP contribution in [-0.2, 0) is 9.53 Å². The van der Waals surface area contributed by atoms with Crippen LogP contribution in [0.25, 0.3) is 0 Å². The molecule has 1 heterocycles. The second kappa shape index (κ2) is 7.47. The second-order valence-electron chi connectivity index (χ2n) is 5.36. The number of esters is 1. The predicted molar refractivity (Wildman–Crippen MR) is 85.8 cm³/mol. The summed E-state index contributed by atoms with van der Waals surface area (Å²) < 4.78 is 5.21. The summed E-state index contributed by atoms with van der Waals surface area (Å²) in [5.74, 6) is 0.579. The Bertz CT molecular complexity index is 496. The fraction of sp³-hybridized carbons (Fsp3) is 0.600.